The summed E-state index contributed by atoms with van der Waals surface area (Å²) in [5, 5.41) is 10.7. The van der Waals surface area contributed by atoms with Crippen LogP contribution in [0.3, 0.4) is 0 Å². The molecule has 642 valence electrons. The summed E-state index contributed by atoms with van der Waals surface area (Å²) in [6, 6.07) is 0. The minimum Gasteiger partial charge on any atom is -0.462 e. The van der Waals surface area contributed by atoms with Crippen LogP contribution in [0, 0.1) is 5.92 Å². The minimum atomic E-state index is -4.97. The van der Waals surface area contributed by atoms with Crippen molar-refractivity contribution in [2.45, 2.75) is 502 Å². The van der Waals surface area contributed by atoms with E-state index in [0.29, 0.717) is 25.7 Å². The minimum absolute atomic E-state index is 0.109. The molecule has 0 aliphatic rings. The third-order valence-electron chi connectivity index (χ3n) is 21.0. The molecule has 17 nitrogen and oxygen atoms in total. The average Bonchev–Trinajstić information content (AvgIpc) is 0.899. The second kappa shape index (κ2) is 81.6. The monoisotopic (exact) mass is 1580 g/mol. The van der Waals surface area contributed by atoms with E-state index in [1.165, 1.54) is 308 Å². The van der Waals surface area contributed by atoms with Crippen LogP contribution in [0.1, 0.15) is 484 Å². The van der Waals surface area contributed by atoms with Gasteiger partial charge in [0.05, 0.1) is 26.4 Å². The Hall–Kier alpha value is -1.94. The van der Waals surface area contributed by atoms with Gasteiger partial charge in [-0.2, -0.15) is 0 Å². The second-order valence-corrected chi connectivity index (χ2v) is 35.4. The zero-order chi connectivity index (χ0) is 79.0. The molecule has 19 heteroatoms. The van der Waals surface area contributed by atoms with Crippen molar-refractivity contribution in [2.24, 2.45) is 5.92 Å². The standard InChI is InChI=1S/C89H174O17P2/c1-6-9-12-15-18-21-24-27-29-30-31-32-33-34-35-41-45-50-55-60-65-70-75-89(94)106-85(79-100-87(92)73-68-63-58-53-48-43-40-37-36-39-42-46-51-56-61-66-71-82(4)5)81-104-108(97,98)102-77-83(90)76-101-107(95,96)103-80-84(78-99-86(91)72-67-62-57-52-47-26-23-20-17-14-11-8-3)105-88(93)74-69-64-59-54-49-44-38-28-25-22-19-16-13-10-7-2/h82-85,90H,6-81H2,1-5H3,(H,95,96)(H,97,98)/t83-,84+,85+/m0/s1. The summed E-state index contributed by atoms with van der Waals surface area (Å²) in [5.74, 6) is -1.28. The average molecular weight is 1580 g/mol. The number of ether oxygens (including phenoxy) is 4. The first-order valence-corrected chi connectivity index (χ1v) is 49.1. The second-order valence-electron chi connectivity index (χ2n) is 32.5. The van der Waals surface area contributed by atoms with Gasteiger partial charge < -0.3 is 33.8 Å². The Balaban J connectivity index is 5.23. The maximum Gasteiger partial charge on any atom is 0.472 e. The maximum atomic E-state index is 13.2. The zero-order valence-electron chi connectivity index (χ0n) is 71.0. The number of aliphatic hydroxyl groups excluding tert-OH is 1. The highest BCUT2D eigenvalue weighted by atomic mass is 31.2. The summed E-state index contributed by atoms with van der Waals surface area (Å²) >= 11 is 0. The van der Waals surface area contributed by atoms with Crippen LogP contribution in [0.4, 0.5) is 0 Å². The maximum absolute atomic E-state index is 13.2. The molecular weight excluding hydrogens is 1400 g/mol. The van der Waals surface area contributed by atoms with Crippen LogP contribution in [0.25, 0.3) is 0 Å². The van der Waals surface area contributed by atoms with Gasteiger partial charge in [-0.1, -0.05) is 433 Å². The molecule has 0 spiro atoms. The van der Waals surface area contributed by atoms with E-state index in [-0.39, 0.29) is 25.7 Å². The van der Waals surface area contributed by atoms with Crippen LogP contribution in [-0.2, 0) is 65.4 Å². The summed E-state index contributed by atoms with van der Waals surface area (Å²) in [4.78, 5) is 73.3. The molecule has 2 unspecified atom stereocenters. The first-order chi connectivity index (χ1) is 52.5. The quantitative estimate of drug-likeness (QED) is 0.0222. The predicted molar refractivity (Wildman–Crippen MR) is 446 cm³/mol. The number of rotatable bonds is 89. The highest BCUT2D eigenvalue weighted by Gasteiger charge is 2.30. The zero-order valence-corrected chi connectivity index (χ0v) is 72.8. The van der Waals surface area contributed by atoms with Gasteiger partial charge in [0, 0.05) is 25.7 Å². The lowest BCUT2D eigenvalue weighted by molar-refractivity contribution is -0.161. The molecule has 0 heterocycles. The molecule has 0 aliphatic heterocycles. The van der Waals surface area contributed by atoms with Crippen LogP contribution < -0.4 is 0 Å². The van der Waals surface area contributed by atoms with Gasteiger partial charge in [0.2, 0.25) is 0 Å². The van der Waals surface area contributed by atoms with E-state index >= 15 is 0 Å². The molecule has 108 heavy (non-hydrogen) atoms. The fourth-order valence-electron chi connectivity index (χ4n) is 14.0. The first kappa shape index (κ1) is 106. The van der Waals surface area contributed by atoms with Gasteiger partial charge in [-0.25, -0.2) is 9.13 Å². The van der Waals surface area contributed by atoms with E-state index in [9.17, 15) is 43.2 Å². The number of hydrogen-bond donors (Lipinski definition) is 3. The van der Waals surface area contributed by atoms with Crippen LogP contribution in [-0.4, -0.2) is 96.7 Å². The van der Waals surface area contributed by atoms with Gasteiger partial charge >= 0.3 is 39.5 Å². The Kier molecular flexibility index (Phi) is 80.2. The molecule has 0 rings (SSSR count). The largest absolute Gasteiger partial charge is 0.472 e. The Morgan fingerprint density at radius 1 is 0.250 bits per heavy atom. The third-order valence-corrected chi connectivity index (χ3v) is 22.9. The Bertz CT molecular complexity index is 2050. The number of carbonyl (C=O) groups excluding carboxylic acids is 4. The summed E-state index contributed by atoms with van der Waals surface area (Å²) in [5.41, 5.74) is 0. The molecule has 0 aromatic carbocycles. The highest BCUT2D eigenvalue weighted by Crippen LogP contribution is 2.45. The lowest BCUT2D eigenvalue weighted by Crippen LogP contribution is -2.30. The number of carbonyl (C=O) groups is 4. The summed E-state index contributed by atoms with van der Waals surface area (Å²) in [6.45, 7) is 7.42. The lowest BCUT2D eigenvalue weighted by atomic mass is 10.0. The number of aliphatic hydroxyl groups is 1. The van der Waals surface area contributed by atoms with Crippen LogP contribution in [0.5, 0.6) is 0 Å². The Morgan fingerprint density at radius 3 is 0.630 bits per heavy atom. The fraction of sp³-hybridized carbons (Fsp3) is 0.955. The van der Waals surface area contributed by atoms with Crippen molar-refractivity contribution in [2.75, 3.05) is 39.6 Å². The summed E-state index contributed by atoms with van der Waals surface area (Å²) in [6.07, 6.45) is 76.4. The van der Waals surface area contributed by atoms with Crippen molar-refractivity contribution in [1.29, 1.82) is 0 Å². The molecule has 0 aromatic heterocycles. The van der Waals surface area contributed by atoms with Gasteiger partial charge in [-0.05, 0) is 31.6 Å². The lowest BCUT2D eigenvalue weighted by Gasteiger charge is -2.21. The van der Waals surface area contributed by atoms with E-state index in [4.69, 9.17) is 37.0 Å². The van der Waals surface area contributed by atoms with Crippen LogP contribution in [0.15, 0.2) is 0 Å². The molecule has 0 bridgehead atoms. The first-order valence-electron chi connectivity index (χ1n) is 46.1. The van der Waals surface area contributed by atoms with Crippen molar-refractivity contribution >= 4 is 39.5 Å². The fourth-order valence-corrected chi connectivity index (χ4v) is 15.6. The Morgan fingerprint density at radius 2 is 0.426 bits per heavy atom. The van der Waals surface area contributed by atoms with E-state index < -0.39 is 97.5 Å². The van der Waals surface area contributed by atoms with Crippen LogP contribution in [0.2, 0.25) is 0 Å². The van der Waals surface area contributed by atoms with Gasteiger partial charge in [-0.15, -0.1) is 0 Å². The summed E-state index contributed by atoms with van der Waals surface area (Å²) < 4.78 is 69.0. The molecule has 0 saturated heterocycles. The normalized spacial score (nSPS) is 13.7. The van der Waals surface area contributed by atoms with Crippen molar-refractivity contribution in [1.82, 2.24) is 0 Å². The van der Waals surface area contributed by atoms with Crippen LogP contribution >= 0.6 is 15.6 Å². The topological polar surface area (TPSA) is 237 Å². The van der Waals surface area contributed by atoms with E-state index in [0.717, 1.165) is 95.8 Å². The van der Waals surface area contributed by atoms with Crippen molar-refractivity contribution < 1.29 is 80.2 Å². The SMILES string of the molecule is CCCCCCCCCCCCCCCCCCCCCCCCC(=O)O[C@H](COC(=O)CCCCCCCCCCCCCCCCCCC(C)C)COP(=O)(O)OC[C@@H](O)COP(=O)(O)OC[C@@H](COC(=O)CCCCCCCCCCCCCC)OC(=O)CCCCCCCCCCCCCCCCC. The number of esters is 4. The third kappa shape index (κ3) is 82.1. The molecule has 0 saturated carbocycles. The predicted octanol–water partition coefficient (Wildman–Crippen LogP) is 27.5. The molecule has 5 atom stereocenters. The van der Waals surface area contributed by atoms with E-state index in [1.54, 1.807) is 0 Å². The van der Waals surface area contributed by atoms with Gasteiger partial charge in [0.1, 0.15) is 19.3 Å². The van der Waals surface area contributed by atoms with E-state index in [1.807, 2.05) is 0 Å². The molecular formula is C89H174O17P2. The highest BCUT2D eigenvalue weighted by molar-refractivity contribution is 7.47. The van der Waals surface area contributed by atoms with Crippen molar-refractivity contribution in [3.05, 3.63) is 0 Å². The number of unbranched alkanes of at least 4 members (excludes halogenated alkanes) is 61. The van der Waals surface area contributed by atoms with Gasteiger partial charge in [0.25, 0.3) is 0 Å². The number of hydrogen-bond acceptors (Lipinski definition) is 15. The molecule has 0 radical (unpaired) electrons. The van der Waals surface area contributed by atoms with Gasteiger partial charge in [0.15, 0.2) is 12.2 Å². The van der Waals surface area contributed by atoms with E-state index in [2.05, 4.69) is 34.6 Å². The van der Waals surface area contributed by atoms with Crippen molar-refractivity contribution in [3.63, 3.8) is 0 Å². The van der Waals surface area contributed by atoms with Crippen molar-refractivity contribution in [3.8, 4) is 0 Å². The van der Waals surface area contributed by atoms with Gasteiger partial charge in [-0.3, -0.25) is 37.3 Å². The molecule has 0 aromatic rings. The molecule has 3 N–H and O–H groups in total. The molecule has 0 fully saturated rings. The smallest absolute Gasteiger partial charge is 0.462 e. The number of phosphoric ester groups is 2. The summed E-state index contributed by atoms with van der Waals surface area (Å²) in [7, 11) is -9.93. The molecule has 0 aliphatic carbocycles. The molecule has 0 amide bonds. The number of phosphoric acid groups is 2. The Labute approximate surface area is 664 Å².